The van der Waals surface area contributed by atoms with E-state index in [2.05, 4.69) is 45.6 Å². The monoisotopic (exact) mass is 670 g/mol. The van der Waals surface area contributed by atoms with E-state index in [1.54, 1.807) is 6.20 Å². The molecule has 1 aromatic heterocycles. The lowest BCUT2D eigenvalue weighted by Crippen LogP contribution is -2.35. The van der Waals surface area contributed by atoms with Crippen molar-refractivity contribution >= 4 is 47.2 Å². The number of hydrogen-bond donors (Lipinski definition) is 7. The van der Waals surface area contributed by atoms with E-state index in [4.69, 9.17) is 17.2 Å². The third kappa shape index (κ3) is 10.6. The lowest BCUT2D eigenvalue weighted by molar-refractivity contribution is -0.131. The maximum Gasteiger partial charge on any atom is 0.328 e. The van der Waals surface area contributed by atoms with Crippen molar-refractivity contribution < 1.29 is 24.6 Å². The number of nitrogens with two attached hydrogens (primary N) is 3. The van der Waals surface area contributed by atoms with Crippen LogP contribution >= 0.6 is 0 Å². The summed E-state index contributed by atoms with van der Waals surface area (Å²) in [6.07, 6.45) is 14.2. The molecule has 11 nitrogen and oxygen atoms in total. The van der Waals surface area contributed by atoms with Crippen LogP contribution in [0, 0.1) is 11.8 Å². The fraction of sp³-hybridized carbons (Fsp3) is 0.421. The molecule has 0 amide bonds. The van der Waals surface area contributed by atoms with Crippen LogP contribution in [0.3, 0.4) is 0 Å². The molecule has 2 aromatic carbocycles. The number of carbonyl (C=O) groups excluding carboxylic acids is 2. The van der Waals surface area contributed by atoms with Gasteiger partial charge in [0, 0.05) is 37.3 Å². The summed E-state index contributed by atoms with van der Waals surface area (Å²) in [4.78, 5) is 42.1. The molecular formula is C38H50N6O5. The first-order valence-electron chi connectivity index (χ1n) is 17.0. The summed E-state index contributed by atoms with van der Waals surface area (Å²) in [6, 6.07) is 12.9. The molecule has 3 aromatic rings. The zero-order chi connectivity index (χ0) is 35.3. The topological polar surface area (TPSA) is 210 Å². The highest BCUT2D eigenvalue weighted by Gasteiger charge is 2.32. The molecular weight excluding hydrogens is 620 g/mol. The summed E-state index contributed by atoms with van der Waals surface area (Å²) in [5.41, 5.74) is 21.8. The molecule has 11 heteroatoms. The number of allylic oxidation sites excluding steroid dienone is 1. The molecule has 1 aliphatic rings. The number of carboxylic acids is 1. The fourth-order valence-electron chi connectivity index (χ4n) is 6.90. The lowest BCUT2D eigenvalue weighted by atomic mass is 9.72. The van der Waals surface area contributed by atoms with Crippen molar-refractivity contribution in [2.24, 2.45) is 34.0 Å². The molecule has 0 fully saturated rings. The summed E-state index contributed by atoms with van der Waals surface area (Å²) in [6.45, 7) is 1.67. The van der Waals surface area contributed by atoms with Gasteiger partial charge >= 0.3 is 5.97 Å². The fourth-order valence-corrected chi connectivity index (χ4v) is 6.90. The predicted octanol–water partition coefficient (Wildman–Crippen LogP) is 4.65. The average Bonchev–Trinajstić information content (AvgIpc) is 3.58. The van der Waals surface area contributed by atoms with Gasteiger partial charge in [0.15, 0.2) is 5.96 Å². The number of aliphatic hydroxyl groups excluding tert-OH is 1. The third-order valence-corrected chi connectivity index (χ3v) is 9.40. The van der Waals surface area contributed by atoms with Gasteiger partial charge in [0.1, 0.15) is 18.4 Å². The number of nitrogens with zero attached hydrogens (tertiary/aromatic N) is 1. The van der Waals surface area contributed by atoms with E-state index in [0.717, 1.165) is 72.7 Å². The standard InChI is InChI=1S/C38H50N6O5/c1-24(23-47)7-12-30(39)4-2-5-31-28(11-10-27-19-26-9-8-25(13-16-45)18-29(26)20-32(27)31)21-35(43-36-6-3-15-42-36)33(22-37(48)49)34(14-17-46)44-38(40)41/h3,6,8-11,15-16,18-20,22-24,28,30-31,34-35,42-43,46H,2,4-5,7,12-14,17,21,39H2,1H3,(H,48,49)(H4,40,41,44)/b33-22+/t24-,28-,30+,31-,34-,35+/m0/s1. The van der Waals surface area contributed by atoms with E-state index in [1.165, 1.54) is 5.56 Å². The minimum atomic E-state index is -1.14. The van der Waals surface area contributed by atoms with Crippen LogP contribution in [0.1, 0.15) is 74.5 Å². The van der Waals surface area contributed by atoms with E-state index in [-0.39, 0.29) is 42.8 Å². The van der Waals surface area contributed by atoms with Gasteiger partial charge in [-0.2, -0.15) is 0 Å². The number of nitrogens with one attached hydrogen (secondary N) is 2. The Morgan fingerprint density at radius 2 is 1.90 bits per heavy atom. The van der Waals surface area contributed by atoms with Gasteiger partial charge < -0.3 is 47.3 Å². The van der Waals surface area contributed by atoms with E-state index < -0.39 is 18.1 Å². The van der Waals surface area contributed by atoms with Crippen LogP contribution in [-0.4, -0.2) is 64.4 Å². The van der Waals surface area contributed by atoms with Crippen molar-refractivity contribution in [2.75, 3.05) is 11.9 Å². The van der Waals surface area contributed by atoms with Gasteiger partial charge in [-0.15, -0.1) is 0 Å². The normalized spacial score (nSPS) is 18.2. The van der Waals surface area contributed by atoms with E-state index in [1.807, 2.05) is 31.2 Å². The number of aliphatic hydroxyl groups is 1. The van der Waals surface area contributed by atoms with E-state index in [9.17, 15) is 24.6 Å². The Bertz CT molecular complexity index is 1650. The summed E-state index contributed by atoms with van der Waals surface area (Å²) in [5.74, 6) is -0.605. The first-order valence-corrected chi connectivity index (χ1v) is 17.0. The minimum Gasteiger partial charge on any atom is -0.478 e. The Morgan fingerprint density at radius 3 is 2.57 bits per heavy atom. The highest BCUT2D eigenvalue weighted by atomic mass is 16.4. The Kier molecular flexibility index (Phi) is 13.7. The molecule has 0 spiro atoms. The SMILES string of the molecule is C[C@H](C=O)CC[C@H](N)CCC[C@@H]1c2cc3cc(CC=O)ccc3cc2C=C[C@H]1C[C@@H](Nc1ccc[nH]1)/C(=C/C(=O)O)[C@H](CCO)N=C(N)N. The van der Waals surface area contributed by atoms with Gasteiger partial charge in [0.2, 0.25) is 0 Å². The number of aromatic nitrogens is 1. The Labute approximate surface area is 287 Å². The highest BCUT2D eigenvalue weighted by Crippen LogP contribution is 2.43. The van der Waals surface area contributed by atoms with Crippen LogP contribution < -0.4 is 22.5 Å². The molecule has 4 rings (SSSR count). The van der Waals surface area contributed by atoms with Crippen LogP contribution in [0.2, 0.25) is 0 Å². The minimum absolute atomic E-state index is 0.0195. The van der Waals surface area contributed by atoms with Gasteiger partial charge in [-0.1, -0.05) is 49.8 Å². The molecule has 10 N–H and O–H groups in total. The number of guanidine groups is 1. The molecule has 1 aliphatic carbocycles. The van der Waals surface area contributed by atoms with E-state index >= 15 is 0 Å². The number of aliphatic imine (C=N–C) groups is 1. The van der Waals surface area contributed by atoms with Gasteiger partial charge in [-0.3, -0.25) is 0 Å². The van der Waals surface area contributed by atoms with Crippen molar-refractivity contribution in [1.82, 2.24) is 4.98 Å². The number of anilines is 1. The van der Waals surface area contributed by atoms with Crippen molar-refractivity contribution in [1.29, 1.82) is 0 Å². The molecule has 0 saturated heterocycles. The number of benzene rings is 2. The molecule has 0 unspecified atom stereocenters. The van der Waals surface area contributed by atoms with Gasteiger partial charge in [-0.25, -0.2) is 9.79 Å². The van der Waals surface area contributed by atoms with Gasteiger partial charge in [-0.05, 0) is 102 Å². The second kappa shape index (κ2) is 18.1. The van der Waals surface area contributed by atoms with Gasteiger partial charge in [0.25, 0.3) is 0 Å². The summed E-state index contributed by atoms with van der Waals surface area (Å²) in [7, 11) is 0. The van der Waals surface area contributed by atoms with Crippen molar-refractivity contribution in [3.05, 3.63) is 83.1 Å². The maximum absolute atomic E-state index is 12.2. The Balaban J connectivity index is 1.73. The van der Waals surface area contributed by atoms with Gasteiger partial charge in [0.05, 0.1) is 12.1 Å². The number of carbonyl (C=O) groups is 3. The quantitative estimate of drug-likeness (QED) is 0.0385. The second-order valence-electron chi connectivity index (χ2n) is 13.1. The molecule has 0 saturated carbocycles. The number of H-pyrrole nitrogens is 1. The summed E-state index contributed by atoms with van der Waals surface area (Å²) < 4.78 is 0. The summed E-state index contributed by atoms with van der Waals surface area (Å²) in [5, 5.41) is 25.5. The molecule has 262 valence electrons. The number of rotatable bonds is 20. The van der Waals surface area contributed by atoms with Crippen LogP contribution in [0.5, 0.6) is 0 Å². The average molecular weight is 671 g/mol. The second-order valence-corrected chi connectivity index (χ2v) is 13.1. The Hall–Kier alpha value is -4.74. The number of hydrogen-bond acceptors (Lipinski definition) is 7. The van der Waals surface area contributed by atoms with Crippen LogP contribution in [0.4, 0.5) is 5.82 Å². The molecule has 0 radical (unpaired) electrons. The molecule has 1 heterocycles. The number of aromatic amines is 1. The summed E-state index contributed by atoms with van der Waals surface area (Å²) >= 11 is 0. The number of carboxylic acid groups (broad SMARTS) is 1. The Morgan fingerprint density at radius 1 is 1.08 bits per heavy atom. The molecule has 49 heavy (non-hydrogen) atoms. The van der Waals surface area contributed by atoms with Crippen molar-refractivity contribution in [2.45, 2.75) is 82.3 Å². The lowest BCUT2D eigenvalue weighted by Gasteiger charge is -2.35. The predicted molar refractivity (Wildman–Crippen MR) is 195 cm³/mol. The van der Waals surface area contributed by atoms with Crippen LogP contribution in [0.25, 0.3) is 16.8 Å². The van der Waals surface area contributed by atoms with Crippen molar-refractivity contribution in [3.8, 4) is 0 Å². The number of fused-ring (bicyclic) bond motifs is 2. The number of aliphatic carboxylic acids is 1. The smallest absolute Gasteiger partial charge is 0.328 e. The number of aldehydes is 2. The van der Waals surface area contributed by atoms with Crippen LogP contribution in [0.15, 0.2) is 71.4 Å². The first kappa shape index (κ1) is 37.1. The van der Waals surface area contributed by atoms with E-state index in [0.29, 0.717) is 24.2 Å². The largest absolute Gasteiger partial charge is 0.478 e. The molecule has 6 atom stereocenters. The van der Waals surface area contributed by atoms with Crippen molar-refractivity contribution in [3.63, 3.8) is 0 Å². The van der Waals surface area contributed by atoms with Crippen LogP contribution in [-0.2, 0) is 20.8 Å². The maximum atomic E-state index is 12.2. The third-order valence-electron chi connectivity index (χ3n) is 9.40. The zero-order valence-electron chi connectivity index (χ0n) is 28.1. The zero-order valence-corrected chi connectivity index (χ0v) is 28.1. The molecule has 0 bridgehead atoms. The molecule has 0 aliphatic heterocycles. The first-order chi connectivity index (χ1) is 23.6. The highest BCUT2D eigenvalue weighted by molar-refractivity contribution is 5.88.